The van der Waals surface area contributed by atoms with Gasteiger partial charge in [-0.2, -0.15) is 5.26 Å². The van der Waals surface area contributed by atoms with E-state index in [-0.39, 0.29) is 11.9 Å². The van der Waals surface area contributed by atoms with Crippen LogP contribution in [0.25, 0.3) is 0 Å². The molecule has 0 bridgehead atoms. The minimum atomic E-state index is -0.707. The first-order valence-corrected chi connectivity index (χ1v) is 8.52. The van der Waals surface area contributed by atoms with Crippen LogP contribution in [-0.2, 0) is 5.54 Å². The molecule has 2 atom stereocenters. The lowest BCUT2D eigenvalue weighted by Crippen LogP contribution is -2.48. The molecule has 0 amide bonds. The number of nitrogens with one attached hydrogen (secondary N) is 1. The van der Waals surface area contributed by atoms with E-state index in [1.807, 2.05) is 19.1 Å². The predicted octanol–water partition coefficient (Wildman–Crippen LogP) is 3.17. The molecule has 0 aliphatic carbocycles. The van der Waals surface area contributed by atoms with Crippen LogP contribution in [0.3, 0.4) is 0 Å². The maximum Gasteiger partial charge on any atom is 0.148 e. The number of halogens is 1. The molecule has 0 saturated carbocycles. The summed E-state index contributed by atoms with van der Waals surface area (Å²) in [6.07, 6.45) is 5.08. The van der Waals surface area contributed by atoms with Crippen LogP contribution in [0.4, 0.5) is 4.39 Å². The van der Waals surface area contributed by atoms with Crippen molar-refractivity contribution in [2.45, 2.75) is 18.5 Å². The predicted molar refractivity (Wildman–Crippen MR) is 99.5 cm³/mol. The molecule has 1 N–H and O–H groups in total. The van der Waals surface area contributed by atoms with Gasteiger partial charge < -0.3 is 5.32 Å². The van der Waals surface area contributed by atoms with Crippen LogP contribution in [0.2, 0.25) is 0 Å². The van der Waals surface area contributed by atoms with E-state index in [4.69, 9.17) is 10.3 Å². The van der Waals surface area contributed by atoms with Crippen LogP contribution in [0.15, 0.2) is 72.1 Å². The van der Waals surface area contributed by atoms with Crippen LogP contribution in [-0.4, -0.2) is 21.8 Å². The lowest BCUT2D eigenvalue weighted by molar-refractivity contribution is 0.432. The highest BCUT2D eigenvalue weighted by Crippen LogP contribution is 2.38. The Hall–Kier alpha value is -3.59. The standard InChI is InChI=1S/C21H16FN5/c1-14-21(17-3-2-9-24-13-17,16-4-6-18(22)7-5-16)27-20(26-14)19-11-15(12-23)8-10-25-19/h2-11,13-14H,1H3,(H,26,27)/t14-,21?/m0/s1. The highest BCUT2D eigenvalue weighted by atomic mass is 19.1. The van der Waals surface area contributed by atoms with E-state index in [9.17, 15) is 4.39 Å². The van der Waals surface area contributed by atoms with E-state index in [2.05, 4.69) is 21.4 Å². The molecule has 0 saturated heterocycles. The van der Waals surface area contributed by atoms with Gasteiger partial charge in [0.1, 0.15) is 22.9 Å². The number of nitriles is 1. The van der Waals surface area contributed by atoms with Gasteiger partial charge >= 0.3 is 0 Å². The first kappa shape index (κ1) is 16.9. The van der Waals surface area contributed by atoms with Gasteiger partial charge in [-0.25, -0.2) is 4.39 Å². The van der Waals surface area contributed by atoms with Crippen LogP contribution in [0, 0.1) is 17.1 Å². The molecule has 6 heteroatoms. The summed E-state index contributed by atoms with van der Waals surface area (Å²) in [5.74, 6) is 0.294. The van der Waals surface area contributed by atoms with E-state index in [0.29, 0.717) is 17.1 Å². The van der Waals surface area contributed by atoms with E-state index in [1.165, 1.54) is 12.1 Å². The minimum absolute atomic E-state index is 0.199. The molecule has 0 spiro atoms. The Balaban J connectivity index is 1.84. The fourth-order valence-electron chi connectivity index (χ4n) is 3.48. The summed E-state index contributed by atoms with van der Waals surface area (Å²) in [5, 5.41) is 12.6. The Labute approximate surface area is 156 Å². The molecule has 3 heterocycles. The van der Waals surface area contributed by atoms with Crippen molar-refractivity contribution in [1.29, 1.82) is 5.26 Å². The van der Waals surface area contributed by atoms with Crippen molar-refractivity contribution >= 4 is 5.84 Å². The lowest BCUT2D eigenvalue weighted by atomic mass is 9.79. The molecule has 1 aliphatic rings. The quantitative estimate of drug-likeness (QED) is 0.781. The summed E-state index contributed by atoms with van der Waals surface area (Å²) in [6, 6.07) is 15.5. The number of aromatic nitrogens is 2. The SMILES string of the molecule is C[C@@H]1N=C(c2cc(C#N)ccn2)NC1(c1ccc(F)cc1)c1cccnc1. The first-order valence-electron chi connectivity index (χ1n) is 8.52. The Morgan fingerprint density at radius 1 is 1.11 bits per heavy atom. The fourth-order valence-corrected chi connectivity index (χ4v) is 3.48. The number of benzene rings is 1. The highest BCUT2D eigenvalue weighted by molar-refractivity contribution is 6.00. The van der Waals surface area contributed by atoms with Gasteiger partial charge in [-0.3, -0.25) is 15.0 Å². The van der Waals surface area contributed by atoms with Gasteiger partial charge in [0.2, 0.25) is 0 Å². The zero-order valence-corrected chi connectivity index (χ0v) is 14.6. The molecule has 1 aliphatic heterocycles. The third-order valence-corrected chi connectivity index (χ3v) is 4.81. The van der Waals surface area contributed by atoms with Gasteiger partial charge in [0.05, 0.1) is 17.7 Å². The number of aliphatic imine (C=N–C) groups is 1. The van der Waals surface area contributed by atoms with E-state index >= 15 is 0 Å². The number of amidine groups is 1. The second-order valence-electron chi connectivity index (χ2n) is 6.38. The third-order valence-electron chi connectivity index (χ3n) is 4.81. The van der Waals surface area contributed by atoms with Crippen LogP contribution < -0.4 is 5.32 Å². The maximum atomic E-state index is 13.5. The molecule has 1 unspecified atom stereocenters. The van der Waals surface area contributed by atoms with Crippen LogP contribution in [0.1, 0.15) is 29.3 Å². The first-order chi connectivity index (χ1) is 13.1. The van der Waals surface area contributed by atoms with E-state index in [1.54, 1.807) is 42.9 Å². The molecule has 2 aromatic heterocycles. The highest BCUT2D eigenvalue weighted by Gasteiger charge is 2.45. The van der Waals surface area contributed by atoms with Crippen molar-refractivity contribution in [3.05, 3.63) is 95.3 Å². The van der Waals surface area contributed by atoms with Gasteiger partial charge in [0, 0.05) is 24.2 Å². The number of nitrogens with zero attached hydrogens (tertiary/aromatic N) is 4. The maximum absolute atomic E-state index is 13.5. The largest absolute Gasteiger partial charge is 0.353 e. The molecule has 4 rings (SSSR count). The molecule has 3 aromatic rings. The summed E-state index contributed by atoms with van der Waals surface area (Å²) in [5.41, 5.74) is 2.19. The topological polar surface area (TPSA) is 74.0 Å². The smallest absolute Gasteiger partial charge is 0.148 e. The monoisotopic (exact) mass is 357 g/mol. The molecule has 0 fully saturated rings. The van der Waals surface area contributed by atoms with Crippen molar-refractivity contribution < 1.29 is 4.39 Å². The van der Waals surface area contributed by atoms with E-state index < -0.39 is 5.54 Å². The zero-order valence-electron chi connectivity index (χ0n) is 14.6. The third kappa shape index (κ3) is 2.83. The van der Waals surface area contributed by atoms with Gasteiger partial charge in [-0.05, 0) is 42.8 Å². The normalized spacial score (nSPS) is 21.2. The van der Waals surface area contributed by atoms with Crippen molar-refractivity contribution in [3.63, 3.8) is 0 Å². The van der Waals surface area contributed by atoms with Gasteiger partial charge in [-0.1, -0.05) is 18.2 Å². The lowest BCUT2D eigenvalue weighted by Gasteiger charge is -2.34. The summed E-state index contributed by atoms with van der Waals surface area (Å²) in [6.45, 7) is 1.99. The summed E-state index contributed by atoms with van der Waals surface area (Å²) < 4.78 is 13.5. The second kappa shape index (κ2) is 6.61. The number of rotatable bonds is 3. The number of pyridine rings is 2. The van der Waals surface area contributed by atoms with E-state index in [0.717, 1.165) is 11.1 Å². The summed E-state index contributed by atoms with van der Waals surface area (Å²) >= 11 is 0. The molecular weight excluding hydrogens is 341 g/mol. The molecule has 27 heavy (non-hydrogen) atoms. The Morgan fingerprint density at radius 3 is 2.63 bits per heavy atom. The van der Waals surface area contributed by atoms with Gasteiger partial charge in [0.15, 0.2) is 0 Å². The molecule has 5 nitrogen and oxygen atoms in total. The fraction of sp³-hybridized carbons (Fsp3) is 0.143. The van der Waals surface area contributed by atoms with Crippen molar-refractivity contribution in [3.8, 4) is 6.07 Å². The number of hydrogen-bond acceptors (Lipinski definition) is 5. The Morgan fingerprint density at radius 2 is 1.93 bits per heavy atom. The average Bonchev–Trinajstić information content (AvgIpc) is 3.07. The molecule has 0 radical (unpaired) electrons. The average molecular weight is 357 g/mol. The zero-order chi connectivity index (χ0) is 18.9. The molecule has 132 valence electrons. The molecule has 1 aromatic carbocycles. The van der Waals surface area contributed by atoms with Crippen molar-refractivity contribution in [1.82, 2.24) is 15.3 Å². The van der Waals surface area contributed by atoms with Gasteiger partial charge in [0.25, 0.3) is 0 Å². The summed E-state index contributed by atoms with van der Waals surface area (Å²) in [4.78, 5) is 13.4. The minimum Gasteiger partial charge on any atom is -0.353 e. The summed E-state index contributed by atoms with van der Waals surface area (Å²) in [7, 11) is 0. The van der Waals surface area contributed by atoms with Crippen molar-refractivity contribution in [2.75, 3.05) is 0 Å². The number of hydrogen-bond donors (Lipinski definition) is 1. The van der Waals surface area contributed by atoms with Gasteiger partial charge in [-0.15, -0.1) is 0 Å². The Bertz CT molecular complexity index is 1040. The Kier molecular flexibility index (Phi) is 4.13. The van der Waals surface area contributed by atoms with Crippen LogP contribution in [0.5, 0.6) is 0 Å². The van der Waals surface area contributed by atoms with Crippen molar-refractivity contribution in [2.24, 2.45) is 4.99 Å². The second-order valence-corrected chi connectivity index (χ2v) is 6.38. The van der Waals surface area contributed by atoms with Crippen LogP contribution >= 0.6 is 0 Å². The molecular formula is C21H16FN5.